The predicted octanol–water partition coefficient (Wildman–Crippen LogP) is 5.18. The molecule has 0 saturated heterocycles. The highest BCUT2D eigenvalue weighted by atomic mass is 16.4. The van der Waals surface area contributed by atoms with Crippen LogP contribution in [0.5, 0.6) is 0 Å². The molecule has 0 aromatic carbocycles. The number of fused-ring (bicyclic) bond motifs is 7. The number of aliphatic carboxylic acids is 1. The van der Waals surface area contributed by atoms with Crippen molar-refractivity contribution in [1.82, 2.24) is 0 Å². The quantitative estimate of drug-likeness (QED) is 0.382. The van der Waals surface area contributed by atoms with E-state index in [0.717, 1.165) is 38.5 Å². The maximum Gasteiger partial charge on any atom is 0.312 e. The van der Waals surface area contributed by atoms with Crippen molar-refractivity contribution >= 4 is 5.97 Å². The first-order chi connectivity index (χ1) is 16.0. The number of aliphatic hydroxyl groups is 3. The van der Waals surface area contributed by atoms with Gasteiger partial charge in [-0.25, -0.2) is 0 Å². The van der Waals surface area contributed by atoms with E-state index in [2.05, 4.69) is 47.6 Å². The van der Waals surface area contributed by atoms with Crippen LogP contribution in [0.15, 0.2) is 11.6 Å². The summed E-state index contributed by atoms with van der Waals surface area (Å²) in [5.41, 5.74) is -0.415. The normalized spacial score (nSPS) is 57.1. The highest BCUT2D eigenvalue weighted by Gasteiger charge is 2.70. The van der Waals surface area contributed by atoms with Gasteiger partial charge in [-0.05, 0) is 97.2 Å². The minimum atomic E-state index is -1.11. The van der Waals surface area contributed by atoms with Crippen molar-refractivity contribution in [1.29, 1.82) is 0 Å². The van der Waals surface area contributed by atoms with Crippen molar-refractivity contribution in [2.75, 3.05) is 0 Å². The van der Waals surface area contributed by atoms with Crippen molar-refractivity contribution < 1.29 is 25.2 Å². The number of carboxylic acid groups (broad SMARTS) is 1. The maximum atomic E-state index is 12.3. The SMILES string of the molecule is CC12CCC(C)(C(=O)O)C(O)C1C1=CCC3C4(C)CC(O)C(O)C(C)(C)C4CCC3(C)C1(C)CC2. The first-order valence-corrected chi connectivity index (χ1v) is 14.0. The Balaban J connectivity index is 1.61. The van der Waals surface area contributed by atoms with Gasteiger partial charge >= 0.3 is 5.97 Å². The smallest absolute Gasteiger partial charge is 0.312 e. The second-order valence-corrected chi connectivity index (χ2v) is 15.1. The molecule has 198 valence electrons. The standard InChI is InChI=1S/C30H48O5/c1-25(2)19-10-11-30(7)20(28(19,5)16-18(31)22(25)32)9-8-17-21-23(33)27(4,24(34)35)14-12-26(21,3)13-15-29(17,30)6/h8,18-23,31-33H,9-16H2,1-7H3,(H,34,35). The molecule has 0 aromatic rings. The Kier molecular flexibility index (Phi) is 5.40. The van der Waals surface area contributed by atoms with Crippen LogP contribution in [0.25, 0.3) is 0 Å². The van der Waals surface area contributed by atoms with Gasteiger partial charge in [0, 0.05) is 5.92 Å². The molecule has 5 aliphatic carbocycles. The maximum absolute atomic E-state index is 12.3. The van der Waals surface area contributed by atoms with Crippen LogP contribution in [0.3, 0.4) is 0 Å². The molecule has 0 aliphatic heterocycles. The lowest BCUT2D eigenvalue weighted by Crippen LogP contribution is -2.67. The fourth-order valence-corrected chi connectivity index (χ4v) is 10.8. The van der Waals surface area contributed by atoms with E-state index < -0.39 is 29.7 Å². The molecular weight excluding hydrogens is 440 g/mol. The van der Waals surface area contributed by atoms with E-state index in [4.69, 9.17) is 0 Å². The molecule has 0 heterocycles. The molecule has 11 atom stereocenters. The number of rotatable bonds is 1. The van der Waals surface area contributed by atoms with Gasteiger partial charge in [0.05, 0.1) is 23.7 Å². The van der Waals surface area contributed by atoms with E-state index in [-0.39, 0.29) is 33.0 Å². The summed E-state index contributed by atoms with van der Waals surface area (Å²) in [6.45, 7) is 15.5. The molecule has 0 spiro atoms. The van der Waals surface area contributed by atoms with E-state index >= 15 is 0 Å². The van der Waals surface area contributed by atoms with E-state index in [0.29, 0.717) is 24.7 Å². The van der Waals surface area contributed by atoms with Crippen LogP contribution in [0.1, 0.15) is 99.8 Å². The van der Waals surface area contributed by atoms with Crippen molar-refractivity contribution in [2.45, 2.75) is 118 Å². The van der Waals surface area contributed by atoms with Crippen LogP contribution in [-0.4, -0.2) is 44.7 Å². The molecular formula is C30H48O5. The summed E-state index contributed by atoms with van der Waals surface area (Å²) in [5.74, 6) is -0.297. The third-order valence-corrected chi connectivity index (χ3v) is 13.4. The second kappa shape index (κ2) is 7.35. The van der Waals surface area contributed by atoms with Crippen LogP contribution in [-0.2, 0) is 4.79 Å². The summed E-state index contributed by atoms with van der Waals surface area (Å²) in [5, 5.41) is 43.6. The van der Waals surface area contributed by atoms with Gasteiger partial charge in [0.1, 0.15) is 0 Å². The van der Waals surface area contributed by atoms with Crippen LogP contribution in [0, 0.1) is 50.2 Å². The molecule has 5 aliphatic rings. The molecule has 4 saturated carbocycles. The minimum Gasteiger partial charge on any atom is -0.481 e. The molecule has 5 rings (SSSR count). The number of aliphatic hydroxyl groups excluding tert-OH is 3. The third kappa shape index (κ3) is 2.95. The lowest BCUT2D eigenvalue weighted by Gasteiger charge is -2.72. The molecule has 5 heteroatoms. The highest BCUT2D eigenvalue weighted by Crippen LogP contribution is 2.75. The van der Waals surface area contributed by atoms with Gasteiger partial charge in [-0.3, -0.25) is 4.79 Å². The van der Waals surface area contributed by atoms with E-state index in [9.17, 15) is 25.2 Å². The summed E-state index contributed by atoms with van der Waals surface area (Å²) in [7, 11) is 0. The lowest BCUT2D eigenvalue weighted by molar-refractivity contribution is -0.234. The van der Waals surface area contributed by atoms with Crippen molar-refractivity contribution in [3.05, 3.63) is 11.6 Å². The first kappa shape index (κ1) is 25.7. The second-order valence-electron chi connectivity index (χ2n) is 15.1. The van der Waals surface area contributed by atoms with Gasteiger partial charge in [-0.1, -0.05) is 53.2 Å². The average Bonchev–Trinajstić information content (AvgIpc) is 2.76. The summed E-state index contributed by atoms with van der Waals surface area (Å²) < 4.78 is 0. The van der Waals surface area contributed by atoms with E-state index in [1.807, 2.05) is 0 Å². The zero-order valence-electron chi connectivity index (χ0n) is 22.9. The summed E-state index contributed by atoms with van der Waals surface area (Å²) in [6, 6.07) is 0. The molecule has 0 amide bonds. The van der Waals surface area contributed by atoms with Gasteiger partial charge in [0.25, 0.3) is 0 Å². The zero-order valence-corrected chi connectivity index (χ0v) is 22.9. The Labute approximate surface area is 211 Å². The Morgan fingerprint density at radius 1 is 0.857 bits per heavy atom. The Morgan fingerprint density at radius 2 is 1.49 bits per heavy atom. The Bertz CT molecular complexity index is 956. The molecule has 11 unspecified atom stereocenters. The summed E-state index contributed by atoms with van der Waals surface area (Å²) >= 11 is 0. The molecule has 4 N–H and O–H groups in total. The van der Waals surface area contributed by atoms with Crippen LogP contribution in [0.2, 0.25) is 0 Å². The van der Waals surface area contributed by atoms with Crippen molar-refractivity contribution in [3.8, 4) is 0 Å². The fraction of sp³-hybridized carbons (Fsp3) is 0.900. The predicted molar refractivity (Wildman–Crippen MR) is 135 cm³/mol. The van der Waals surface area contributed by atoms with Gasteiger partial charge in [0.2, 0.25) is 0 Å². The topological polar surface area (TPSA) is 98.0 Å². The Morgan fingerprint density at radius 3 is 2.11 bits per heavy atom. The number of carboxylic acids is 1. The number of hydrogen-bond donors (Lipinski definition) is 4. The molecule has 4 fully saturated rings. The average molecular weight is 489 g/mol. The Hall–Kier alpha value is -0.910. The third-order valence-electron chi connectivity index (χ3n) is 13.4. The molecule has 0 radical (unpaired) electrons. The van der Waals surface area contributed by atoms with Crippen molar-refractivity contribution in [3.63, 3.8) is 0 Å². The number of allylic oxidation sites excluding steroid dienone is 1. The number of carbonyl (C=O) groups is 1. The summed E-state index contributed by atoms with van der Waals surface area (Å²) in [6.07, 6.45) is 7.14. The van der Waals surface area contributed by atoms with Gasteiger partial charge in [-0.15, -0.1) is 0 Å². The molecule has 5 nitrogen and oxygen atoms in total. The van der Waals surface area contributed by atoms with Crippen molar-refractivity contribution in [2.24, 2.45) is 50.2 Å². The molecule has 0 bridgehead atoms. The first-order valence-electron chi connectivity index (χ1n) is 14.0. The summed E-state index contributed by atoms with van der Waals surface area (Å²) in [4.78, 5) is 12.3. The molecule has 35 heavy (non-hydrogen) atoms. The highest BCUT2D eigenvalue weighted by molar-refractivity contribution is 5.75. The van der Waals surface area contributed by atoms with Crippen LogP contribution >= 0.6 is 0 Å². The molecule has 0 aromatic heterocycles. The van der Waals surface area contributed by atoms with E-state index in [1.165, 1.54) is 5.57 Å². The van der Waals surface area contributed by atoms with E-state index in [1.54, 1.807) is 6.92 Å². The van der Waals surface area contributed by atoms with Crippen LogP contribution in [0.4, 0.5) is 0 Å². The fourth-order valence-electron chi connectivity index (χ4n) is 10.8. The zero-order chi connectivity index (χ0) is 26.0. The number of hydrogen-bond acceptors (Lipinski definition) is 4. The lowest BCUT2D eigenvalue weighted by atomic mass is 9.33. The van der Waals surface area contributed by atoms with Gasteiger partial charge in [0.15, 0.2) is 0 Å². The minimum absolute atomic E-state index is 0.00144. The van der Waals surface area contributed by atoms with Crippen LogP contribution < -0.4 is 0 Å². The monoisotopic (exact) mass is 488 g/mol. The van der Waals surface area contributed by atoms with Gasteiger partial charge < -0.3 is 20.4 Å². The van der Waals surface area contributed by atoms with Gasteiger partial charge in [-0.2, -0.15) is 0 Å². The largest absolute Gasteiger partial charge is 0.481 e.